The number of benzene rings is 2. The van der Waals surface area contributed by atoms with Gasteiger partial charge in [0.1, 0.15) is 5.75 Å². The Kier molecular flexibility index (Phi) is 5.56. The number of nitrogen functional groups attached to an aromatic ring is 1. The number of carbonyl (C=O) groups is 1. The van der Waals surface area contributed by atoms with Crippen LogP contribution in [0.5, 0.6) is 5.75 Å². The van der Waals surface area contributed by atoms with Crippen molar-refractivity contribution in [2.24, 2.45) is 0 Å². The number of nitrogens with one attached hydrogen (secondary N) is 1. The SMILES string of the molecule is COc1ccc(N)cc1C(=O)N[C@@H]1CCCN(Cc2ccccc2)C1. The van der Waals surface area contributed by atoms with Crippen LogP contribution in [0.2, 0.25) is 0 Å². The standard InChI is InChI=1S/C20H25N3O2/c1-25-19-10-9-16(21)12-18(19)20(24)22-17-8-5-11-23(14-17)13-15-6-3-2-4-7-15/h2-4,6-7,9-10,12,17H,5,8,11,13-14,21H2,1H3,(H,22,24)/t17-/m1/s1. The third-order valence-electron chi connectivity index (χ3n) is 4.56. The molecule has 2 aromatic rings. The van der Waals surface area contributed by atoms with Gasteiger partial charge in [-0.25, -0.2) is 0 Å². The van der Waals surface area contributed by atoms with E-state index < -0.39 is 0 Å². The number of hydrogen-bond acceptors (Lipinski definition) is 4. The number of rotatable bonds is 5. The zero-order valence-electron chi connectivity index (χ0n) is 14.6. The molecule has 0 aliphatic carbocycles. The molecule has 1 aliphatic heterocycles. The fourth-order valence-electron chi connectivity index (χ4n) is 3.32. The van der Waals surface area contributed by atoms with Crippen molar-refractivity contribution in [3.05, 3.63) is 59.7 Å². The zero-order chi connectivity index (χ0) is 17.6. The smallest absolute Gasteiger partial charge is 0.255 e. The van der Waals surface area contributed by atoms with Crippen LogP contribution in [-0.2, 0) is 6.54 Å². The van der Waals surface area contributed by atoms with Crippen molar-refractivity contribution in [1.29, 1.82) is 0 Å². The molecule has 1 fully saturated rings. The highest BCUT2D eigenvalue weighted by molar-refractivity contribution is 5.98. The van der Waals surface area contributed by atoms with E-state index in [0.717, 1.165) is 32.5 Å². The van der Waals surface area contributed by atoms with E-state index >= 15 is 0 Å². The second-order valence-electron chi connectivity index (χ2n) is 6.49. The number of piperidine rings is 1. The molecule has 0 saturated carbocycles. The maximum Gasteiger partial charge on any atom is 0.255 e. The molecule has 25 heavy (non-hydrogen) atoms. The first kappa shape index (κ1) is 17.3. The molecule has 132 valence electrons. The predicted molar refractivity (Wildman–Crippen MR) is 99.6 cm³/mol. The topological polar surface area (TPSA) is 67.6 Å². The second kappa shape index (κ2) is 8.03. The number of amides is 1. The van der Waals surface area contributed by atoms with Crippen LogP contribution in [0, 0.1) is 0 Å². The minimum Gasteiger partial charge on any atom is -0.496 e. The summed E-state index contributed by atoms with van der Waals surface area (Å²) in [5.41, 5.74) is 8.16. The summed E-state index contributed by atoms with van der Waals surface area (Å²) in [6, 6.07) is 15.7. The van der Waals surface area contributed by atoms with Gasteiger partial charge in [0, 0.05) is 24.8 Å². The first-order chi connectivity index (χ1) is 12.2. The van der Waals surface area contributed by atoms with Crippen molar-refractivity contribution >= 4 is 11.6 Å². The monoisotopic (exact) mass is 339 g/mol. The Hall–Kier alpha value is -2.53. The Morgan fingerprint density at radius 3 is 2.84 bits per heavy atom. The second-order valence-corrected chi connectivity index (χ2v) is 6.49. The molecule has 1 atom stereocenters. The summed E-state index contributed by atoms with van der Waals surface area (Å²) in [7, 11) is 1.56. The van der Waals surface area contributed by atoms with E-state index in [-0.39, 0.29) is 11.9 Å². The number of methoxy groups -OCH3 is 1. The van der Waals surface area contributed by atoms with Gasteiger partial charge in [0.2, 0.25) is 0 Å². The van der Waals surface area contributed by atoms with Gasteiger partial charge < -0.3 is 15.8 Å². The zero-order valence-corrected chi connectivity index (χ0v) is 14.6. The highest BCUT2D eigenvalue weighted by Gasteiger charge is 2.23. The first-order valence-corrected chi connectivity index (χ1v) is 8.66. The third kappa shape index (κ3) is 4.51. The molecule has 0 bridgehead atoms. The normalized spacial score (nSPS) is 17.9. The molecular weight excluding hydrogens is 314 g/mol. The number of nitrogens with zero attached hydrogens (tertiary/aromatic N) is 1. The van der Waals surface area contributed by atoms with Crippen LogP contribution in [0.25, 0.3) is 0 Å². The van der Waals surface area contributed by atoms with Crippen molar-refractivity contribution < 1.29 is 9.53 Å². The van der Waals surface area contributed by atoms with Gasteiger partial charge in [-0.1, -0.05) is 30.3 Å². The molecule has 5 nitrogen and oxygen atoms in total. The molecule has 0 unspecified atom stereocenters. The molecule has 3 N–H and O–H groups in total. The van der Waals surface area contributed by atoms with Crippen LogP contribution in [0.4, 0.5) is 5.69 Å². The minimum atomic E-state index is -0.129. The number of anilines is 1. The van der Waals surface area contributed by atoms with Crippen LogP contribution in [0.3, 0.4) is 0 Å². The van der Waals surface area contributed by atoms with E-state index in [2.05, 4.69) is 34.5 Å². The molecule has 0 radical (unpaired) electrons. The maximum absolute atomic E-state index is 12.6. The van der Waals surface area contributed by atoms with Crippen molar-refractivity contribution in [2.75, 3.05) is 25.9 Å². The van der Waals surface area contributed by atoms with Gasteiger partial charge in [-0.15, -0.1) is 0 Å². The van der Waals surface area contributed by atoms with Crippen LogP contribution in [0.15, 0.2) is 48.5 Å². The van der Waals surface area contributed by atoms with E-state index in [1.807, 2.05) is 6.07 Å². The van der Waals surface area contributed by atoms with Gasteiger partial charge in [-0.3, -0.25) is 9.69 Å². The minimum absolute atomic E-state index is 0.129. The molecule has 1 aliphatic rings. The van der Waals surface area contributed by atoms with Crippen molar-refractivity contribution in [3.8, 4) is 5.75 Å². The number of nitrogens with two attached hydrogens (primary N) is 1. The number of ether oxygens (including phenoxy) is 1. The van der Waals surface area contributed by atoms with Gasteiger partial charge in [0.05, 0.1) is 12.7 Å². The van der Waals surface area contributed by atoms with Gasteiger partial charge in [-0.05, 0) is 43.1 Å². The largest absolute Gasteiger partial charge is 0.496 e. The van der Waals surface area contributed by atoms with E-state index in [0.29, 0.717) is 17.0 Å². The van der Waals surface area contributed by atoms with Gasteiger partial charge in [0.15, 0.2) is 0 Å². The lowest BCUT2D eigenvalue weighted by atomic mass is 10.0. The van der Waals surface area contributed by atoms with Crippen LogP contribution >= 0.6 is 0 Å². The predicted octanol–water partition coefficient (Wildman–Crippen LogP) is 2.67. The highest BCUT2D eigenvalue weighted by atomic mass is 16.5. The summed E-state index contributed by atoms with van der Waals surface area (Å²) in [5, 5.41) is 3.14. The molecular formula is C20H25N3O2. The quantitative estimate of drug-likeness (QED) is 0.822. The van der Waals surface area contributed by atoms with E-state index in [4.69, 9.17) is 10.5 Å². The maximum atomic E-state index is 12.6. The van der Waals surface area contributed by atoms with Gasteiger partial charge >= 0.3 is 0 Å². The first-order valence-electron chi connectivity index (χ1n) is 8.66. The molecule has 2 aromatic carbocycles. The van der Waals surface area contributed by atoms with Gasteiger partial charge in [0.25, 0.3) is 5.91 Å². The van der Waals surface area contributed by atoms with Crippen molar-refractivity contribution in [2.45, 2.75) is 25.4 Å². The Balaban J connectivity index is 1.62. The summed E-state index contributed by atoms with van der Waals surface area (Å²) in [6.07, 6.45) is 2.06. The van der Waals surface area contributed by atoms with E-state index in [1.165, 1.54) is 5.56 Å². The fraction of sp³-hybridized carbons (Fsp3) is 0.350. The summed E-state index contributed by atoms with van der Waals surface area (Å²) in [6.45, 7) is 2.82. The third-order valence-corrected chi connectivity index (χ3v) is 4.56. The number of hydrogen-bond donors (Lipinski definition) is 2. The molecule has 3 rings (SSSR count). The van der Waals surface area contributed by atoms with Gasteiger partial charge in [-0.2, -0.15) is 0 Å². The lowest BCUT2D eigenvalue weighted by Gasteiger charge is -2.33. The average Bonchev–Trinajstić information content (AvgIpc) is 2.63. The van der Waals surface area contributed by atoms with E-state index in [9.17, 15) is 4.79 Å². The summed E-state index contributed by atoms with van der Waals surface area (Å²) >= 11 is 0. The average molecular weight is 339 g/mol. The summed E-state index contributed by atoms with van der Waals surface area (Å²) in [4.78, 5) is 15.0. The fourth-order valence-corrected chi connectivity index (χ4v) is 3.32. The van der Waals surface area contributed by atoms with Crippen molar-refractivity contribution in [1.82, 2.24) is 10.2 Å². The molecule has 1 amide bonds. The Labute approximate surface area is 148 Å². The van der Waals surface area contributed by atoms with Crippen molar-refractivity contribution in [3.63, 3.8) is 0 Å². The molecule has 5 heteroatoms. The molecule has 1 heterocycles. The molecule has 1 saturated heterocycles. The lowest BCUT2D eigenvalue weighted by Crippen LogP contribution is -2.47. The lowest BCUT2D eigenvalue weighted by molar-refractivity contribution is 0.0898. The van der Waals surface area contributed by atoms with Crippen LogP contribution < -0.4 is 15.8 Å². The Morgan fingerprint density at radius 2 is 2.08 bits per heavy atom. The molecule has 0 aromatic heterocycles. The Bertz CT molecular complexity index is 718. The summed E-state index contributed by atoms with van der Waals surface area (Å²) in [5.74, 6) is 0.416. The Morgan fingerprint density at radius 1 is 1.28 bits per heavy atom. The molecule has 0 spiro atoms. The van der Waals surface area contributed by atoms with Crippen LogP contribution in [-0.4, -0.2) is 37.0 Å². The van der Waals surface area contributed by atoms with E-state index in [1.54, 1.807) is 25.3 Å². The summed E-state index contributed by atoms with van der Waals surface area (Å²) < 4.78 is 5.28. The van der Waals surface area contributed by atoms with Crippen LogP contribution in [0.1, 0.15) is 28.8 Å². The highest BCUT2D eigenvalue weighted by Crippen LogP contribution is 2.22. The number of likely N-dealkylation sites (tertiary alicyclic amines) is 1. The number of carbonyl (C=O) groups excluding carboxylic acids is 1.